The van der Waals surface area contributed by atoms with Crippen LogP contribution in [0.4, 0.5) is 5.95 Å². The molecule has 36 heavy (non-hydrogen) atoms. The number of para-hydroxylation sites is 1. The van der Waals surface area contributed by atoms with Crippen molar-refractivity contribution in [3.8, 4) is 11.5 Å². The highest BCUT2D eigenvalue weighted by Gasteiger charge is 2.28. The van der Waals surface area contributed by atoms with E-state index in [-0.39, 0.29) is 35.9 Å². The Morgan fingerprint density at radius 3 is 2.64 bits per heavy atom. The average molecular weight is 493 g/mol. The van der Waals surface area contributed by atoms with E-state index in [4.69, 9.17) is 10.5 Å². The number of hydrogen-bond donors (Lipinski definition) is 3. The van der Waals surface area contributed by atoms with Crippen molar-refractivity contribution in [3.63, 3.8) is 0 Å². The number of nitrogen functional groups attached to an aromatic ring is 1. The fourth-order valence-electron chi connectivity index (χ4n) is 5.39. The van der Waals surface area contributed by atoms with Crippen molar-refractivity contribution in [3.05, 3.63) is 48.5 Å². The van der Waals surface area contributed by atoms with Gasteiger partial charge in [-0.15, -0.1) is 0 Å². The van der Waals surface area contributed by atoms with Crippen LogP contribution in [0.1, 0.15) is 71.8 Å². The van der Waals surface area contributed by atoms with E-state index in [0.717, 1.165) is 54.6 Å². The summed E-state index contributed by atoms with van der Waals surface area (Å²) in [6.45, 7) is 6.73. The number of anilines is 1. The van der Waals surface area contributed by atoms with Gasteiger partial charge >= 0.3 is 0 Å². The number of aliphatic hydroxyl groups excluding tert-OH is 1. The molecule has 7 heteroatoms. The molecule has 0 saturated heterocycles. The van der Waals surface area contributed by atoms with Crippen molar-refractivity contribution in [2.45, 2.75) is 77.8 Å². The van der Waals surface area contributed by atoms with Crippen LogP contribution in [-0.2, 0) is 4.79 Å². The number of benzene rings is 2. The molecule has 3 atom stereocenters. The zero-order valence-corrected chi connectivity index (χ0v) is 21.7. The Kier molecular flexibility index (Phi) is 8.19. The number of nitrogens with two attached hydrogens (primary N) is 1. The molecule has 4 N–H and O–H groups in total. The van der Waals surface area contributed by atoms with Gasteiger partial charge in [0.2, 0.25) is 11.9 Å². The molecule has 0 radical (unpaired) electrons. The topological polar surface area (TPSA) is 102 Å². The molecule has 194 valence electrons. The summed E-state index contributed by atoms with van der Waals surface area (Å²) in [5.74, 6) is 2.13. The van der Waals surface area contributed by atoms with E-state index in [2.05, 4.69) is 35.6 Å². The molecule has 1 aliphatic rings. The fourth-order valence-corrected chi connectivity index (χ4v) is 5.39. The molecule has 0 spiro atoms. The minimum atomic E-state index is 0.00715. The maximum atomic E-state index is 12.9. The van der Waals surface area contributed by atoms with Gasteiger partial charge in [-0.25, -0.2) is 4.98 Å². The van der Waals surface area contributed by atoms with Gasteiger partial charge in [-0.1, -0.05) is 51.8 Å². The largest absolute Gasteiger partial charge is 0.457 e. The standard InChI is InChI=1S/C29H40N4O3/c1-29(2,3)18-21(13-16-27(35)31-24-12-8-7-9-20(24)19-34)33-26-17-23(14-15-25(26)32-28(33)30)36-22-10-5-4-6-11-22/h4-6,10-11,14-15,17,20-21,24,34H,7-9,12-13,16,18-19H2,1-3H3,(H2,30,32)(H,31,35)/t20-,21+,24-/m1/s1. The Labute approximate surface area is 214 Å². The Hall–Kier alpha value is -3.06. The third kappa shape index (κ3) is 6.58. The molecular weight excluding hydrogens is 452 g/mol. The molecule has 4 rings (SSSR count). The van der Waals surface area contributed by atoms with Crippen LogP contribution in [0.5, 0.6) is 11.5 Å². The van der Waals surface area contributed by atoms with Gasteiger partial charge in [0, 0.05) is 37.1 Å². The number of hydrogen-bond acceptors (Lipinski definition) is 5. The predicted molar refractivity (Wildman–Crippen MR) is 144 cm³/mol. The molecule has 3 aromatic rings. The monoisotopic (exact) mass is 492 g/mol. The summed E-state index contributed by atoms with van der Waals surface area (Å²) in [5, 5.41) is 12.9. The van der Waals surface area contributed by atoms with Crippen LogP contribution >= 0.6 is 0 Å². The van der Waals surface area contributed by atoms with Gasteiger partial charge in [-0.2, -0.15) is 0 Å². The molecule has 1 saturated carbocycles. The molecule has 1 fully saturated rings. The number of fused-ring (bicyclic) bond motifs is 1. The number of aromatic nitrogens is 2. The van der Waals surface area contributed by atoms with Gasteiger partial charge in [0.15, 0.2) is 0 Å². The summed E-state index contributed by atoms with van der Waals surface area (Å²) < 4.78 is 8.14. The quantitative estimate of drug-likeness (QED) is 0.348. The van der Waals surface area contributed by atoms with E-state index in [0.29, 0.717) is 18.8 Å². The number of rotatable bonds is 9. The molecule has 0 aliphatic heterocycles. The van der Waals surface area contributed by atoms with E-state index in [9.17, 15) is 9.90 Å². The second-order valence-corrected chi connectivity index (χ2v) is 11.3. The van der Waals surface area contributed by atoms with Crippen molar-refractivity contribution in [2.24, 2.45) is 11.3 Å². The number of ether oxygens (including phenoxy) is 1. The van der Waals surface area contributed by atoms with Crippen molar-refractivity contribution >= 4 is 22.9 Å². The molecule has 0 unspecified atom stereocenters. The molecule has 1 aliphatic carbocycles. The Morgan fingerprint density at radius 2 is 1.92 bits per heavy atom. The lowest BCUT2D eigenvalue weighted by Crippen LogP contribution is -2.43. The Morgan fingerprint density at radius 1 is 1.17 bits per heavy atom. The highest BCUT2D eigenvalue weighted by Crippen LogP contribution is 2.36. The van der Waals surface area contributed by atoms with Gasteiger partial charge in [-0.3, -0.25) is 4.79 Å². The minimum Gasteiger partial charge on any atom is -0.457 e. The second-order valence-electron chi connectivity index (χ2n) is 11.3. The minimum absolute atomic E-state index is 0.00715. The fraction of sp³-hybridized carbons (Fsp3) is 0.517. The summed E-state index contributed by atoms with van der Waals surface area (Å²) in [4.78, 5) is 17.6. The van der Waals surface area contributed by atoms with Gasteiger partial charge in [-0.05, 0) is 55.4 Å². The lowest BCUT2D eigenvalue weighted by atomic mass is 9.84. The summed E-state index contributed by atoms with van der Waals surface area (Å²) in [7, 11) is 0. The van der Waals surface area contributed by atoms with E-state index < -0.39 is 0 Å². The van der Waals surface area contributed by atoms with E-state index in [1.807, 2.05) is 48.5 Å². The molecule has 1 aromatic heterocycles. The molecule has 1 amide bonds. The number of nitrogens with one attached hydrogen (secondary N) is 1. The molecular formula is C29H40N4O3. The lowest BCUT2D eigenvalue weighted by Gasteiger charge is -2.31. The van der Waals surface area contributed by atoms with E-state index >= 15 is 0 Å². The number of carbonyl (C=O) groups is 1. The molecule has 7 nitrogen and oxygen atoms in total. The average Bonchev–Trinajstić information content (AvgIpc) is 3.17. The van der Waals surface area contributed by atoms with E-state index in [1.165, 1.54) is 0 Å². The predicted octanol–water partition coefficient (Wildman–Crippen LogP) is 5.84. The first-order chi connectivity index (χ1) is 17.2. The number of amides is 1. The van der Waals surface area contributed by atoms with E-state index in [1.54, 1.807) is 0 Å². The first kappa shape index (κ1) is 26.0. The summed E-state index contributed by atoms with van der Waals surface area (Å²) in [6, 6.07) is 15.6. The van der Waals surface area contributed by atoms with Crippen molar-refractivity contribution < 1.29 is 14.6 Å². The van der Waals surface area contributed by atoms with Gasteiger partial charge in [0.1, 0.15) is 11.5 Å². The highest BCUT2D eigenvalue weighted by atomic mass is 16.5. The van der Waals surface area contributed by atoms with Crippen LogP contribution in [0.15, 0.2) is 48.5 Å². The highest BCUT2D eigenvalue weighted by molar-refractivity contribution is 5.80. The van der Waals surface area contributed by atoms with Gasteiger partial charge < -0.3 is 25.5 Å². The lowest BCUT2D eigenvalue weighted by molar-refractivity contribution is -0.122. The van der Waals surface area contributed by atoms with Crippen molar-refractivity contribution in [1.29, 1.82) is 0 Å². The molecule has 2 aromatic carbocycles. The first-order valence-electron chi connectivity index (χ1n) is 13.1. The number of carbonyl (C=O) groups excluding carboxylic acids is 1. The normalized spacial score (nSPS) is 19.2. The number of aliphatic hydroxyl groups is 1. The number of imidazole rings is 1. The maximum Gasteiger partial charge on any atom is 0.220 e. The van der Waals surface area contributed by atoms with Crippen LogP contribution in [0.3, 0.4) is 0 Å². The van der Waals surface area contributed by atoms with Crippen molar-refractivity contribution in [1.82, 2.24) is 14.9 Å². The van der Waals surface area contributed by atoms with Gasteiger partial charge in [0.25, 0.3) is 0 Å². The zero-order chi connectivity index (χ0) is 25.7. The summed E-state index contributed by atoms with van der Waals surface area (Å²) in [5.41, 5.74) is 8.20. The third-order valence-corrected chi connectivity index (χ3v) is 7.07. The SMILES string of the molecule is CC(C)(C)C[C@H](CCC(=O)N[C@@H]1CCCC[C@@H]1CO)n1c(N)nc2ccc(Oc3ccccc3)cc21. The van der Waals surface area contributed by atoms with Crippen LogP contribution in [-0.4, -0.2) is 33.2 Å². The Bertz CT molecular complexity index is 1150. The molecule has 1 heterocycles. The first-order valence-corrected chi connectivity index (χ1v) is 13.1. The zero-order valence-electron chi connectivity index (χ0n) is 21.7. The van der Waals surface area contributed by atoms with Crippen LogP contribution < -0.4 is 15.8 Å². The van der Waals surface area contributed by atoms with Crippen molar-refractivity contribution in [2.75, 3.05) is 12.3 Å². The van der Waals surface area contributed by atoms with Gasteiger partial charge in [0.05, 0.1) is 11.0 Å². The maximum absolute atomic E-state index is 12.9. The van der Waals surface area contributed by atoms with Crippen LogP contribution in [0.2, 0.25) is 0 Å². The Balaban J connectivity index is 1.55. The summed E-state index contributed by atoms with van der Waals surface area (Å²) in [6.07, 6.45) is 6.02. The second kappa shape index (κ2) is 11.3. The summed E-state index contributed by atoms with van der Waals surface area (Å²) >= 11 is 0. The van der Waals surface area contributed by atoms with Crippen LogP contribution in [0, 0.1) is 11.3 Å². The van der Waals surface area contributed by atoms with Crippen LogP contribution in [0.25, 0.3) is 11.0 Å². The number of nitrogens with zero attached hydrogens (tertiary/aromatic N) is 2. The molecule has 0 bridgehead atoms. The smallest absolute Gasteiger partial charge is 0.220 e. The third-order valence-electron chi connectivity index (χ3n) is 7.07.